The smallest absolute Gasteiger partial charge is 0.302 e. The number of rotatable bonds is 10. The van der Waals surface area contributed by atoms with Gasteiger partial charge in [-0.3, -0.25) is 9.59 Å². The standard InChI is InChI=1S/C15H22N2O4S2/c1-12(18)21-11-15(2,10-20-3)14(19)17-8-9-22-23-13-6-4-5-7-16-13/h4-7H,8-11H2,1-3H3,(H,17,19). The van der Waals surface area contributed by atoms with E-state index in [1.54, 1.807) is 34.7 Å². The molecule has 0 saturated carbocycles. The summed E-state index contributed by atoms with van der Waals surface area (Å²) in [4.78, 5) is 27.4. The van der Waals surface area contributed by atoms with Gasteiger partial charge in [0.1, 0.15) is 17.0 Å². The molecule has 0 radical (unpaired) electrons. The predicted molar refractivity (Wildman–Crippen MR) is 92.2 cm³/mol. The van der Waals surface area contributed by atoms with E-state index >= 15 is 0 Å². The van der Waals surface area contributed by atoms with E-state index in [2.05, 4.69) is 10.3 Å². The maximum atomic E-state index is 12.3. The summed E-state index contributed by atoms with van der Waals surface area (Å²) in [6, 6.07) is 5.74. The van der Waals surface area contributed by atoms with Crippen LogP contribution in [0.2, 0.25) is 0 Å². The van der Waals surface area contributed by atoms with E-state index in [9.17, 15) is 9.59 Å². The van der Waals surface area contributed by atoms with Crippen molar-refractivity contribution in [3.8, 4) is 0 Å². The lowest BCUT2D eigenvalue weighted by Gasteiger charge is -2.26. The van der Waals surface area contributed by atoms with Gasteiger partial charge in [-0.05, 0) is 29.9 Å². The summed E-state index contributed by atoms with van der Waals surface area (Å²) in [5.74, 6) is 0.135. The van der Waals surface area contributed by atoms with Crippen LogP contribution < -0.4 is 5.32 Å². The molecule has 1 N–H and O–H groups in total. The molecule has 1 aromatic heterocycles. The van der Waals surface area contributed by atoms with Crippen molar-refractivity contribution >= 4 is 33.5 Å². The average molecular weight is 358 g/mol. The molecule has 0 saturated heterocycles. The normalized spacial score (nSPS) is 13.2. The van der Waals surface area contributed by atoms with Crippen LogP contribution in [0.25, 0.3) is 0 Å². The number of hydrogen-bond donors (Lipinski definition) is 1. The predicted octanol–water partition coefficient (Wildman–Crippen LogP) is 2.15. The molecule has 0 spiro atoms. The van der Waals surface area contributed by atoms with Gasteiger partial charge < -0.3 is 14.8 Å². The van der Waals surface area contributed by atoms with Crippen LogP contribution >= 0.6 is 21.6 Å². The van der Waals surface area contributed by atoms with Crippen molar-refractivity contribution in [1.82, 2.24) is 10.3 Å². The van der Waals surface area contributed by atoms with E-state index in [1.807, 2.05) is 18.2 Å². The molecule has 0 aliphatic rings. The number of hydrogen-bond acceptors (Lipinski definition) is 7. The Balaban J connectivity index is 2.32. The second-order valence-corrected chi connectivity index (χ2v) is 7.54. The van der Waals surface area contributed by atoms with Gasteiger partial charge in [0.25, 0.3) is 0 Å². The van der Waals surface area contributed by atoms with Crippen LogP contribution in [0.4, 0.5) is 0 Å². The summed E-state index contributed by atoms with van der Waals surface area (Å²) < 4.78 is 10.0. The molecule has 0 aliphatic carbocycles. The molecule has 1 aromatic rings. The zero-order valence-electron chi connectivity index (χ0n) is 13.5. The Morgan fingerprint density at radius 2 is 2.13 bits per heavy atom. The second-order valence-electron chi connectivity index (χ2n) is 5.10. The van der Waals surface area contributed by atoms with Crippen molar-refractivity contribution in [3.63, 3.8) is 0 Å². The third kappa shape index (κ3) is 7.71. The first kappa shape index (κ1) is 19.8. The molecule has 1 amide bonds. The average Bonchev–Trinajstić information content (AvgIpc) is 2.53. The van der Waals surface area contributed by atoms with Crippen molar-refractivity contribution in [2.45, 2.75) is 18.9 Å². The first-order valence-electron chi connectivity index (χ1n) is 7.09. The van der Waals surface area contributed by atoms with Gasteiger partial charge in [0, 0.05) is 32.5 Å². The number of carbonyl (C=O) groups is 2. The number of nitrogens with one attached hydrogen (secondary N) is 1. The number of ether oxygens (including phenoxy) is 2. The Bertz CT molecular complexity index is 502. The van der Waals surface area contributed by atoms with Crippen LogP contribution in [0.3, 0.4) is 0 Å². The highest BCUT2D eigenvalue weighted by Gasteiger charge is 2.34. The molecule has 128 valence electrons. The van der Waals surface area contributed by atoms with Gasteiger partial charge >= 0.3 is 5.97 Å². The van der Waals surface area contributed by atoms with Crippen LogP contribution in [0.5, 0.6) is 0 Å². The quantitative estimate of drug-likeness (QED) is 0.390. The molecule has 1 heterocycles. The molecular weight excluding hydrogens is 336 g/mol. The van der Waals surface area contributed by atoms with Crippen LogP contribution in [0.1, 0.15) is 13.8 Å². The van der Waals surface area contributed by atoms with Crippen molar-refractivity contribution in [1.29, 1.82) is 0 Å². The summed E-state index contributed by atoms with van der Waals surface area (Å²) in [5, 5.41) is 3.79. The second kappa shape index (κ2) is 10.5. The molecule has 1 rings (SSSR count). The molecule has 8 heteroatoms. The number of methoxy groups -OCH3 is 1. The highest BCUT2D eigenvalue weighted by Crippen LogP contribution is 2.28. The van der Waals surface area contributed by atoms with Gasteiger partial charge in [-0.15, -0.1) is 0 Å². The lowest BCUT2D eigenvalue weighted by molar-refractivity contribution is -0.150. The maximum absolute atomic E-state index is 12.3. The summed E-state index contributed by atoms with van der Waals surface area (Å²) >= 11 is 0. The Morgan fingerprint density at radius 3 is 2.74 bits per heavy atom. The van der Waals surface area contributed by atoms with Crippen LogP contribution in [0, 0.1) is 5.41 Å². The fourth-order valence-electron chi connectivity index (χ4n) is 1.67. The number of esters is 1. The number of nitrogens with zero attached hydrogens (tertiary/aromatic N) is 1. The minimum atomic E-state index is -0.890. The molecule has 6 nitrogen and oxygen atoms in total. The molecule has 1 atom stereocenters. The van der Waals surface area contributed by atoms with E-state index < -0.39 is 11.4 Å². The highest BCUT2D eigenvalue weighted by molar-refractivity contribution is 8.76. The first-order chi connectivity index (χ1) is 11.0. The van der Waals surface area contributed by atoms with Crippen LogP contribution in [-0.4, -0.2) is 49.5 Å². The summed E-state index contributed by atoms with van der Waals surface area (Å²) in [6.07, 6.45) is 1.75. The fourth-order valence-corrected chi connectivity index (χ4v) is 3.46. The fraction of sp³-hybridized carbons (Fsp3) is 0.533. The molecular formula is C15H22N2O4S2. The SMILES string of the molecule is COCC(C)(COC(C)=O)C(=O)NCCSSc1ccccn1. The molecule has 0 aromatic carbocycles. The monoisotopic (exact) mass is 358 g/mol. The van der Waals surface area contributed by atoms with Crippen LogP contribution in [0.15, 0.2) is 29.4 Å². The number of aromatic nitrogens is 1. The van der Waals surface area contributed by atoms with Crippen molar-refractivity contribution in [3.05, 3.63) is 24.4 Å². The van der Waals surface area contributed by atoms with Crippen LogP contribution in [-0.2, 0) is 19.1 Å². The van der Waals surface area contributed by atoms with E-state index in [0.717, 1.165) is 10.8 Å². The van der Waals surface area contributed by atoms with E-state index in [0.29, 0.717) is 6.54 Å². The Labute approximate surface area is 144 Å². The Hall–Kier alpha value is -1.25. The number of amides is 1. The molecule has 23 heavy (non-hydrogen) atoms. The van der Waals surface area contributed by atoms with Gasteiger partial charge in [0.2, 0.25) is 5.91 Å². The molecule has 1 unspecified atom stereocenters. The summed E-state index contributed by atoms with van der Waals surface area (Å²) in [7, 11) is 4.69. The topological polar surface area (TPSA) is 77.5 Å². The third-order valence-corrected chi connectivity index (χ3v) is 5.12. The molecule has 0 bridgehead atoms. The minimum Gasteiger partial charge on any atom is -0.465 e. The summed E-state index contributed by atoms with van der Waals surface area (Å²) in [6.45, 7) is 3.73. The van der Waals surface area contributed by atoms with E-state index in [-0.39, 0.29) is 19.1 Å². The lowest BCUT2D eigenvalue weighted by atomic mass is 9.91. The van der Waals surface area contributed by atoms with Gasteiger partial charge in [-0.2, -0.15) is 0 Å². The van der Waals surface area contributed by atoms with Gasteiger partial charge in [-0.1, -0.05) is 16.9 Å². The van der Waals surface area contributed by atoms with Crippen molar-refractivity contribution < 1.29 is 19.1 Å². The maximum Gasteiger partial charge on any atom is 0.302 e. The lowest BCUT2D eigenvalue weighted by Crippen LogP contribution is -2.46. The van der Waals surface area contributed by atoms with Crippen molar-refractivity contribution in [2.75, 3.05) is 32.6 Å². The molecule has 0 fully saturated rings. The van der Waals surface area contributed by atoms with Gasteiger partial charge in [-0.25, -0.2) is 4.98 Å². The highest BCUT2D eigenvalue weighted by atomic mass is 33.1. The Kier molecular flexibility index (Phi) is 9.05. The largest absolute Gasteiger partial charge is 0.465 e. The van der Waals surface area contributed by atoms with E-state index in [4.69, 9.17) is 9.47 Å². The van der Waals surface area contributed by atoms with Gasteiger partial charge in [0.15, 0.2) is 0 Å². The van der Waals surface area contributed by atoms with E-state index in [1.165, 1.54) is 14.0 Å². The zero-order chi connectivity index (χ0) is 17.1. The Morgan fingerprint density at radius 1 is 1.35 bits per heavy atom. The number of pyridine rings is 1. The van der Waals surface area contributed by atoms with Gasteiger partial charge in [0.05, 0.1) is 6.61 Å². The number of carbonyl (C=O) groups excluding carboxylic acids is 2. The third-order valence-electron chi connectivity index (χ3n) is 2.86. The minimum absolute atomic E-state index is 0.00215. The first-order valence-corrected chi connectivity index (χ1v) is 9.41. The molecule has 0 aliphatic heterocycles. The zero-order valence-corrected chi connectivity index (χ0v) is 15.2. The van der Waals surface area contributed by atoms with Crippen molar-refractivity contribution in [2.24, 2.45) is 5.41 Å². The summed E-state index contributed by atoms with van der Waals surface area (Å²) in [5.41, 5.74) is -0.890.